The fourth-order valence-corrected chi connectivity index (χ4v) is 5.37. The number of carbonyl (C=O) groups excluding carboxylic acids is 2. The minimum atomic E-state index is -0.931. The Morgan fingerprint density at radius 1 is 1.12 bits per heavy atom. The van der Waals surface area contributed by atoms with Crippen molar-refractivity contribution in [2.45, 2.75) is 52.0 Å². The van der Waals surface area contributed by atoms with Gasteiger partial charge in [-0.05, 0) is 86.1 Å². The molecule has 1 aliphatic carbocycles. The number of benzene rings is 2. The minimum absolute atomic E-state index is 0.0660. The van der Waals surface area contributed by atoms with Gasteiger partial charge in [-0.2, -0.15) is 0 Å². The van der Waals surface area contributed by atoms with Crippen LogP contribution in [0.4, 0.5) is 21.5 Å². The highest BCUT2D eigenvalue weighted by Crippen LogP contribution is 2.49. The van der Waals surface area contributed by atoms with E-state index in [4.69, 9.17) is 18.8 Å². The molecule has 0 radical (unpaired) electrons. The molecule has 0 bridgehead atoms. The van der Waals surface area contributed by atoms with Crippen LogP contribution in [-0.4, -0.2) is 29.5 Å². The van der Waals surface area contributed by atoms with E-state index in [1.54, 1.807) is 29.2 Å². The Morgan fingerprint density at radius 2 is 1.76 bits per heavy atom. The number of carbonyl (C=O) groups is 2. The van der Waals surface area contributed by atoms with E-state index in [-0.39, 0.29) is 22.0 Å². The Hall–Kier alpha value is -3.31. The molecule has 6 nitrogen and oxygen atoms in total. The molecule has 1 heterocycles. The van der Waals surface area contributed by atoms with Gasteiger partial charge in [0, 0.05) is 18.4 Å². The van der Waals surface area contributed by atoms with E-state index < -0.39 is 17.3 Å². The van der Waals surface area contributed by atoms with E-state index in [2.05, 4.69) is 24.0 Å². The van der Waals surface area contributed by atoms with Gasteiger partial charge in [0.05, 0.1) is 12.1 Å². The van der Waals surface area contributed by atoms with Crippen molar-refractivity contribution in [3.05, 3.63) is 64.8 Å². The van der Waals surface area contributed by atoms with Gasteiger partial charge < -0.3 is 10.2 Å². The van der Waals surface area contributed by atoms with E-state index in [0.717, 1.165) is 18.4 Å². The first kappa shape index (κ1) is 23.8. The maximum Gasteiger partial charge on any atom is 0.259 e. The fraction of sp³-hybridized carbons (Fsp3) is 0.385. The standard InChI is InChI=1S/C26H27FN4O2S/c1-16-14-17(7-9-21(16)28-4)30-23(33)26(12-10-25(2,3)11-13-26)31(24(30)34)18-6-8-19(20(27)15-18)22(32)29-5/h6-9,14-15H,10-13H2,1-3,5H3,(H,29,32). The number of rotatable bonds is 3. The fourth-order valence-electron chi connectivity index (χ4n) is 4.90. The zero-order valence-electron chi connectivity index (χ0n) is 19.7. The summed E-state index contributed by atoms with van der Waals surface area (Å²) in [6, 6.07) is 9.55. The summed E-state index contributed by atoms with van der Waals surface area (Å²) in [6.07, 6.45) is 2.79. The molecule has 2 aromatic carbocycles. The predicted octanol–water partition coefficient (Wildman–Crippen LogP) is 5.52. The topological polar surface area (TPSA) is 57.0 Å². The van der Waals surface area contributed by atoms with Crippen molar-refractivity contribution < 1.29 is 14.0 Å². The summed E-state index contributed by atoms with van der Waals surface area (Å²) in [5.74, 6) is -1.33. The van der Waals surface area contributed by atoms with Gasteiger partial charge >= 0.3 is 0 Å². The third kappa shape index (κ3) is 3.74. The van der Waals surface area contributed by atoms with E-state index in [0.29, 0.717) is 29.9 Å². The number of aryl methyl sites for hydroxylation is 1. The van der Waals surface area contributed by atoms with Crippen molar-refractivity contribution >= 4 is 46.2 Å². The average molecular weight is 479 g/mol. The van der Waals surface area contributed by atoms with Gasteiger partial charge in [-0.25, -0.2) is 9.24 Å². The van der Waals surface area contributed by atoms with Crippen molar-refractivity contribution in [1.29, 1.82) is 0 Å². The summed E-state index contributed by atoms with van der Waals surface area (Å²) >= 11 is 5.84. The molecular formula is C26H27FN4O2S. The molecule has 34 heavy (non-hydrogen) atoms. The van der Waals surface area contributed by atoms with Crippen LogP contribution in [-0.2, 0) is 4.79 Å². The Morgan fingerprint density at radius 3 is 2.32 bits per heavy atom. The number of nitrogens with one attached hydrogen (secondary N) is 1. The normalized spacial score (nSPS) is 18.8. The second-order valence-electron chi connectivity index (χ2n) is 9.78. The molecule has 1 saturated carbocycles. The second kappa shape index (κ2) is 8.48. The van der Waals surface area contributed by atoms with Gasteiger partial charge in [0.25, 0.3) is 11.8 Å². The molecule has 2 aromatic rings. The molecule has 2 fully saturated rings. The molecule has 0 aromatic heterocycles. The molecule has 1 N–H and O–H groups in total. The summed E-state index contributed by atoms with van der Waals surface area (Å²) in [4.78, 5) is 32.8. The van der Waals surface area contributed by atoms with Gasteiger partial charge in [-0.1, -0.05) is 19.9 Å². The number of halogens is 1. The molecule has 0 unspecified atom stereocenters. The first-order valence-electron chi connectivity index (χ1n) is 11.2. The first-order chi connectivity index (χ1) is 16.0. The number of thiocarbonyl (C=S) groups is 1. The zero-order valence-corrected chi connectivity index (χ0v) is 20.6. The van der Waals surface area contributed by atoms with Crippen LogP contribution in [0.3, 0.4) is 0 Å². The van der Waals surface area contributed by atoms with Crippen molar-refractivity contribution in [2.75, 3.05) is 16.8 Å². The summed E-state index contributed by atoms with van der Waals surface area (Å²) < 4.78 is 14.9. The van der Waals surface area contributed by atoms with Crippen molar-refractivity contribution in [3.63, 3.8) is 0 Å². The van der Waals surface area contributed by atoms with Gasteiger partial charge in [-0.15, -0.1) is 0 Å². The molecule has 1 saturated heterocycles. The van der Waals surface area contributed by atoms with Crippen LogP contribution in [0.2, 0.25) is 0 Å². The van der Waals surface area contributed by atoms with Crippen LogP contribution >= 0.6 is 12.2 Å². The molecule has 8 heteroatoms. The summed E-state index contributed by atoms with van der Waals surface area (Å²) in [6.45, 7) is 13.5. The molecule has 2 amide bonds. The van der Waals surface area contributed by atoms with Crippen LogP contribution in [0.25, 0.3) is 4.85 Å². The Bertz CT molecular complexity index is 1240. The van der Waals surface area contributed by atoms with Gasteiger partial charge in [0.15, 0.2) is 10.8 Å². The highest BCUT2D eigenvalue weighted by Gasteiger charge is 2.58. The largest absolute Gasteiger partial charge is 0.355 e. The van der Waals surface area contributed by atoms with Crippen LogP contribution in [0.15, 0.2) is 36.4 Å². The van der Waals surface area contributed by atoms with Crippen LogP contribution in [0.5, 0.6) is 0 Å². The van der Waals surface area contributed by atoms with E-state index in [9.17, 15) is 14.0 Å². The first-order valence-corrected chi connectivity index (χ1v) is 11.6. The monoisotopic (exact) mass is 478 g/mol. The van der Waals surface area contributed by atoms with Crippen LogP contribution in [0.1, 0.15) is 55.5 Å². The van der Waals surface area contributed by atoms with Gasteiger partial charge in [0.1, 0.15) is 11.4 Å². The smallest absolute Gasteiger partial charge is 0.259 e. The predicted molar refractivity (Wildman–Crippen MR) is 135 cm³/mol. The third-order valence-electron chi connectivity index (χ3n) is 7.08. The summed E-state index contributed by atoms with van der Waals surface area (Å²) in [7, 11) is 1.45. The number of anilines is 2. The lowest BCUT2D eigenvalue weighted by molar-refractivity contribution is -0.123. The molecular weight excluding hydrogens is 451 g/mol. The molecule has 2 aliphatic rings. The highest BCUT2D eigenvalue weighted by molar-refractivity contribution is 7.81. The molecule has 176 valence electrons. The van der Waals surface area contributed by atoms with E-state index >= 15 is 0 Å². The summed E-state index contributed by atoms with van der Waals surface area (Å²) in [5.41, 5.74) is 1.40. The lowest BCUT2D eigenvalue weighted by Crippen LogP contribution is -2.53. The van der Waals surface area contributed by atoms with Crippen molar-refractivity contribution in [1.82, 2.24) is 5.32 Å². The summed E-state index contributed by atoms with van der Waals surface area (Å²) in [5, 5.41) is 2.70. The highest BCUT2D eigenvalue weighted by atomic mass is 32.1. The maximum absolute atomic E-state index is 14.9. The van der Waals surface area contributed by atoms with Crippen molar-refractivity contribution in [2.24, 2.45) is 5.41 Å². The van der Waals surface area contributed by atoms with E-state index in [1.807, 2.05) is 6.92 Å². The van der Waals surface area contributed by atoms with Gasteiger partial charge in [-0.3, -0.25) is 14.5 Å². The SMILES string of the molecule is [C-]#[N+]c1ccc(N2C(=O)C3(CCC(C)(C)CC3)N(c3ccc(C(=O)NC)c(F)c3)C2=S)cc1C. The van der Waals surface area contributed by atoms with Gasteiger partial charge in [0.2, 0.25) is 0 Å². The third-order valence-corrected chi connectivity index (χ3v) is 7.45. The molecule has 1 spiro atoms. The van der Waals surface area contributed by atoms with E-state index in [1.165, 1.54) is 24.1 Å². The lowest BCUT2D eigenvalue weighted by Gasteiger charge is -2.44. The second-order valence-corrected chi connectivity index (χ2v) is 10.1. The zero-order chi connectivity index (χ0) is 24.8. The number of nitrogens with zero attached hydrogens (tertiary/aromatic N) is 3. The minimum Gasteiger partial charge on any atom is -0.355 e. The Kier molecular flexibility index (Phi) is 5.94. The maximum atomic E-state index is 14.9. The Balaban J connectivity index is 1.83. The molecule has 0 atom stereocenters. The number of amides is 2. The lowest BCUT2D eigenvalue weighted by atomic mass is 9.68. The quantitative estimate of drug-likeness (QED) is 0.466. The Labute approximate surface area is 204 Å². The van der Waals surface area contributed by atoms with Crippen LogP contribution in [0, 0.1) is 24.7 Å². The number of hydrogen-bond acceptors (Lipinski definition) is 3. The molecule has 4 rings (SSSR count). The number of hydrogen-bond donors (Lipinski definition) is 1. The van der Waals surface area contributed by atoms with Crippen molar-refractivity contribution in [3.8, 4) is 0 Å². The van der Waals surface area contributed by atoms with Crippen LogP contribution < -0.4 is 15.1 Å². The molecule has 1 aliphatic heterocycles. The average Bonchev–Trinajstić information content (AvgIpc) is 3.01.